The molecule has 0 bridgehead atoms. The topological polar surface area (TPSA) is 32.3 Å². The van der Waals surface area contributed by atoms with Crippen LogP contribution in [-0.2, 0) is 4.79 Å². The van der Waals surface area contributed by atoms with E-state index in [1.54, 1.807) is 4.90 Å². The molecule has 2 aliphatic rings. The van der Waals surface area contributed by atoms with Crippen molar-refractivity contribution >= 4 is 5.91 Å². The third kappa shape index (κ3) is 2.79. The molecule has 2 fully saturated rings. The Kier molecular flexibility index (Phi) is 3.84. The summed E-state index contributed by atoms with van der Waals surface area (Å²) in [4.78, 5) is 13.8. The van der Waals surface area contributed by atoms with Crippen LogP contribution in [0.2, 0.25) is 0 Å². The van der Waals surface area contributed by atoms with Gasteiger partial charge >= 0.3 is 6.18 Å². The van der Waals surface area contributed by atoms with Crippen molar-refractivity contribution in [3.8, 4) is 0 Å². The van der Waals surface area contributed by atoms with E-state index in [1.807, 2.05) is 6.92 Å². The van der Waals surface area contributed by atoms with Crippen molar-refractivity contribution < 1.29 is 18.0 Å². The minimum Gasteiger partial charge on any atom is -0.342 e. The van der Waals surface area contributed by atoms with Crippen LogP contribution in [0.25, 0.3) is 0 Å². The number of alkyl halides is 3. The van der Waals surface area contributed by atoms with Gasteiger partial charge in [-0.15, -0.1) is 0 Å². The lowest BCUT2D eigenvalue weighted by Crippen LogP contribution is -2.45. The average molecular weight is 264 g/mol. The Morgan fingerprint density at radius 3 is 2.28 bits per heavy atom. The number of piperidine rings is 1. The highest BCUT2D eigenvalue weighted by molar-refractivity contribution is 5.79. The first kappa shape index (κ1) is 13.6. The Hall–Kier alpha value is -0.780. The van der Waals surface area contributed by atoms with E-state index in [2.05, 4.69) is 5.32 Å². The number of amides is 1. The SMILES string of the molecule is C[C@@H]1CNC[C@H]1C(=O)N1CCC(C(F)(F)F)CC1. The number of carbonyl (C=O) groups is 1. The lowest BCUT2D eigenvalue weighted by atomic mass is 9.92. The summed E-state index contributed by atoms with van der Waals surface area (Å²) in [6.45, 7) is 3.96. The van der Waals surface area contributed by atoms with Gasteiger partial charge in [-0.05, 0) is 25.3 Å². The maximum atomic E-state index is 12.5. The molecule has 6 heteroatoms. The Morgan fingerprint density at radius 2 is 1.83 bits per heavy atom. The fourth-order valence-electron chi connectivity index (χ4n) is 2.80. The van der Waals surface area contributed by atoms with E-state index in [4.69, 9.17) is 0 Å². The molecule has 104 valence electrons. The van der Waals surface area contributed by atoms with Crippen LogP contribution in [-0.4, -0.2) is 43.2 Å². The van der Waals surface area contributed by atoms with E-state index < -0.39 is 12.1 Å². The molecule has 2 aliphatic heterocycles. The molecular weight excluding hydrogens is 245 g/mol. The minimum atomic E-state index is -4.11. The summed E-state index contributed by atoms with van der Waals surface area (Å²) < 4.78 is 37.6. The molecule has 2 heterocycles. The molecule has 2 rings (SSSR count). The Labute approximate surface area is 105 Å². The van der Waals surface area contributed by atoms with Gasteiger partial charge in [0, 0.05) is 19.6 Å². The molecule has 0 radical (unpaired) electrons. The van der Waals surface area contributed by atoms with E-state index in [0.717, 1.165) is 6.54 Å². The molecule has 2 atom stereocenters. The highest BCUT2D eigenvalue weighted by Crippen LogP contribution is 2.34. The largest absolute Gasteiger partial charge is 0.391 e. The second kappa shape index (κ2) is 5.07. The van der Waals surface area contributed by atoms with E-state index >= 15 is 0 Å². The fourth-order valence-corrected chi connectivity index (χ4v) is 2.80. The lowest BCUT2D eigenvalue weighted by molar-refractivity contribution is -0.187. The van der Waals surface area contributed by atoms with Crippen molar-refractivity contribution in [2.75, 3.05) is 26.2 Å². The third-order valence-corrected chi connectivity index (χ3v) is 4.10. The number of hydrogen-bond donors (Lipinski definition) is 1. The van der Waals surface area contributed by atoms with Gasteiger partial charge in [0.1, 0.15) is 0 Å². The molecule has 0 aromatic carbocycles. The smallest absolute Gasteiger partial charge is 0.342 e. The number of hydrogen-bond acceptors (Lipinski definition) is 2. The summed E-state index contributed by atoms with van der Waals surface area (Å²) in [5.74, 6) is -1.00. The van der Waals surface area contributed by atoms with Gasteiger partial charge in [-0.25, -0.2) is 0 Å². The summed E-state index contributed by atoms with van der Waals surface area (Å²) in [5.41, 5.74) is 0. The van der Waals surface area contributed by atoms with Crippen molar-refractivity contribution in [3.63, 3.8) is 0 Å². The molecule has 0 aliphatic carbocycles. The molecule has 2 saturated heterocycles. The Balaban J connectivity index is 1.88. The van der Waals surface area contributed by atoms with Gasteiger partial charge in [-0.3, -0.25) is 4.79 Å². The van der Waals surface area contributed by atoms with Crippen LogP contribution in [0.4, 0.5) is 13.2 Å². The maximum absolute atomic E-state index is 12.5. The van der Waals surface area contributed by atoms with Gasteiger partial charge in [-0.1, -0.05) is 6.92 Å². The van der Waals surface area contributed by atoms with Gasteiger partial charge < -0.3 is 10.2 Å². The van der Waals surface area contributed by atoms with Crippen LogP contribution in [0.15, 0.2) is 0 Å². The van der Waals surface area contributed by atoms with E-state index in [0.29, 0.717) is 6.54 Å². The number of rotatable bonds is 1. The van der Waals surface area contributed by atoms with E-state index in [9.17, 15) is 18.0 Å². The third-order valence-electron chi connectivity index (χ3n) is 4.10. The van der Waals surface area contributed by atoms with Gasteiger partial charge in [0.2, 0.25) is 5.91 Å². The number of carbonyl (C=O) groups excluding carboxylic acids is 1. The summed E-state index contributed by atoms with van der Waals surface area (Å²) in [7, 11) is 0. The zero-order chi connectivity index (χ0) is 13.3. The summed E-state index contributed by atoms with van der Waals surface area (Å²) in [6.07, 6.45) is -4.02. The zero-order valence-electron chi connectivity index (χ0n) is 10.5. The number of likely N-dealkylation sites (tertiary alicyclic amines) is 1. The normalized spacial score (nSPS) is 30.8. The Morgan fingerprint density at radius 1 is 1.22 bits per heavy atom. The van der Waals surface area contributed by atoms with Gasteiger partial charge in [0.25, 0.3) is 0 Å². The zero-order valence-corrected chi connectivity index (χ0v) is 10.5. The van der Waals surface area contributed by atoms with Gasteiger partial charge in [0.05, 0.1) is 11.8 Å². The van der Waals surface area contributed by atoms with Gasteiger partial charge in [-0.2, -0.15) is 13.2 Å². The van der Waals surface area contributed by atoms with E-state index in [1.165, 1.54) is 0 Å². The van der Waals surface area contributed by atoms with Crippen molar-refractivity contribution in [3.05, 3.63) is 0 Å². The molecule has 0 unspecified atom stereocenters. The molecule has 0 spiro atoms. The summed E-state index contributed by atoms with van der Waals surface area (Å²) in [5, 5.41) is 3.15. The lowest BCUT2D eigenvalue weighted by Gasteiger charge is -2.34. The van der Waals surface area contributed by atoms with Crippen molar-refractivity contribution in [2.24, 2.45) is 17.8 Å². The minimum absolute atomic E-state index is 0.0214. The van der Waals surface area contributed by atoms with Crippen LogP contribution >= 0.6 is 0 Å². The molecule has 18 heavy (non-hydrogen) atoms. The molecule has 0 aromatic heterocycles. The predicted octanol–water partition coefficient (Wildman–Crippen LogP) is 1.64. The van der Waals surface area contributed by atoms with Crippen molar-refractivity contribution in [2.45, 2.75) is 25.9 Å². The van der Waals surface area contributed by atoms with Crippen LogP contribution in [0, 0.1) is 17.8 Å². The number of nitrogens with zero attached hydrogens (tertiary/aromatic N) is 1. The highest BCUT2D eigenvalue weighted by Gasteiger charge is 2.43. The average Bonchev–Trinajstić information content (AvgIpc) is 2.73. The fraction of sp³-hybridized carbons (Fsp3) is 0.917. The first-order chi connectivity index (χ1) is 8.39. The maximum Gasteiger partial charge on any atom is 0.391 e. The summed E-state index contributed by atoms with van der Waals surface area (Å²) in [6, 6.07) is 0. The standard InChI is InChI=1S/C12H19F3N2O/c1-8-6-16-7-10(8)11(18)17-4-2-9(3-5-17)12(13,14)15/h8-10,16H,2-7H2,1H3/t8-,10-/m1/s1. The van der Waals surface area contributed by atoms with Crippen LogP contribution < -0.4 is 5.32 Å². The number of halogens is 3. The number of nitrogens with one attached hydrogen (secondary N) is 1. The van der Waals surface area contributed by atoms with Gasteiger partial charge in [0.15, 0.2) is 0 Å². The highest BCUT2D eigenvalue weighted by atomic mass is 19.4. The Bertz CT molecular complexity index is 311. The second-order valence-electron chi connectivity index (χ2n) is 5.38. The van der Waals surface area contributed by atoms with E-state index in [-0.39, 0.29) is 43.7 Å². The summed E-state index contributed by atoms with van der Waals surface area (Å²) >= 11 is 0. The second-order valence-corrected chi connectivity index (χ2v) is 5.38. The molecule has 1 amide bonds. The van der Waals surface area contributed by atoms with Crippen molar-refractivity contribution in [1.82, 2.24) is 10.2 Å². The monoisotopic (exact) mass is 264 g/mol. The molecular formula is C12H19F3N2O. The molecule has 1 N–H and O–H groups in total. The van der Waals surface area contributed by atoms with Crippen molar-refractivity contribution in [1.29, 1.82) is 0 Å². The molecule has 0 saturated carbocycles. The predicted molar refractivity (Wildman–Crippen MR) is 60.9 cm³/mol. The molecule has 0 aromatic rings. The van der Waals surface area contributed by atoms with Crippen LogP contribution in [0.1, 0.15) is 19.8 Å². The van der Waals surface area contributed by atoms with Crippen LogP contribution in [0.5, 0.6) is 0 Å². The first-order valence-corrected chi connectivity index (χ1v) is 6.46. The van der Waals surface area contributed by atoms with Crippen LogP contribution in [0.3, 0.4) is 0 Å². The first-order valence-electron chi connectivity index (χ1n) is 6.46. The molecule has 3 nitrogen and oxygen atoms in total. The quantitative estimate of drug-likeness (QED) is 0.781.